The molecule has 1 saturated heterocycles. The first-order valence-corrected chi connectivity index (χ1v) is 8.80. The van der Waals surface area contributed by atoms with E-state index in [1.165, 1.54) is 0 Å². The monoisotopic (exact) mass is 366 g/mol. The van der Waals surface area contributed by atoms with E-state index in [4.69, 9.17) is 0 Å². The number of H-pyrrole nitrogens is 1. The van der Waals surface area contributed by atoms with Crippen molar-refractivity contribution in [1.29, 1.82) is 0 Å². The molecule has 0 aliphatic carbocycles. The molecule has 2 heterocycles. The number of aromatic nitrogens is 2. The molecule has 1 fully saturated rings. The summed E-state index contributed by atoms with van der Waals surface area (Å²) >= 11 is 0. The van der Waals surface area contributed by atoms with Crippen LogP contribution in [0.3, 0.4) is 0 Å². The van der Waals surface area contributed by atoms with E-state index < -0.39 is 0 Å². The van der Waals surface area contributed by atoms with Gasteiger partial charge in [0, 0.05) is 19.5 Å². The second-order valence-electron chi connectivity index (χ2n) is 6.72. The molecule has 1 unspecified atom stereocenters. The molecular weight excluding hydrogens is 340 g/mol. The average Bonchev–Trinajstić information content (AvgIpc) is 2.91. The van der Waals surface area contributed by atoms with Crippen molar-refractivity contribution in [2.45, 2.75) is 32.7 Å². The van der Waals surface area contributed by atoms with Crippen LogP contribution in [0.15, 0.2) is 29.1 Å². The topological polar surface area (TPSA) is 78.9 Å². The van der Waals surface area contributed by atoms with Crippen molar-refractivity contribution in [2.75, 3.05) is 19.6 Å². The van der Waals surface area contributed by atoms with Crippen molar-refractivity contribution in [3.05, 3.63) is 34.7 Å². The van der Waals surface area contributed by atoms with Gasteiger partial charge in [-0.1, -0.05) is 19.1 Å². The molecule has 1 atom stereocenters. The molecule has 0 spiro atoms. The van der Waals surface area contributed by atoms with Crippen LogP contribution in [0, 0.1) is 11.8 Å². The number of rotatable bonds is 6. The van der Waals surface area contributed by atoms with Gasteiger partial charge in [0.25, 0.3) is 0 Å². The Balaban J connectivity index is 0.00000225. The Morgan fingerprint density at radius 1 is 1.32 bits per heavy atom. The van der Waals surface area contributed by atoms with E-state index in [-0.39, 0.29) is 24.0 Å². The first-order chi connectivity index (χ1) is 11.6. The van der Waals surface area contributed by atoms with Crippen molar-refractivity contribution in [2.24, 2.45) is 11.8 Å². The van der Waals surface area contributed by atoms with Gasteiger partial charge in [-0.15, -0.1) is 12.4 Å². The van der Waals surface area contributed by atoms with Crippen molar-refractivity contribution < 1.29 is 4.79 Å². The number of nitrogens with one attached hydrogen (secondary N) is 3. The number of carbonyl (C=O) groups is 1. The second-order valence-corrected chi connectivity index (χ2v) is 6.72. The van der Waals surface area contributed by atoms with E-state index in [0.29, 0.717) is 31.3 Å². The standard InChI is InChI=1S/C18H26N4O2.ClH/c1-13(14-6-8-19-9-7-14)12-17(23)20-10-11-22-16-5-3-2-4-15(16)21-18(22)24;/h2-5,13-14,19H,6-12H2,1H3,(H,20,23)(H,21,24);1H. The maximum atomic E-state index is 12.2. The van der Waals surface area contributed by atoms with Crippen LogP contribution in [0.1, 0.15) is 26.2 Å². The molecule has 1 aromatic carbocycles. The van der Waals surface area contributed by atoms with Crippen LogP contribution in [0.2, 0.25) is 0 Å². The average molecular weight is 367 g/mol. The maximum absolute atomic E-state index is 12.2. The molecule has 138 valence electrons. The van der Waals surface area contributed by atoms with Gasteiger partial charge in [-0.25, -0.2) is 4.79 Å². The third kappa shape index (κ3) is 4.86. The highest BCUT2D eigenvalue weighted by atomic mass is 35.5. The van der Waals surface area contributed by atoms with Gasteiger partial charge < -0.3 is 15.6 Å². The summed E-state index contributed by atoms with van der Waals surface area (Å²) in [5, 5.41) is 6.31. The molecule has 3 N–H and O–H groups in total. The first-order valence-electron chi connectivity index (χ1n) is 8.80. The number of piperidine rings is 1. The fourth-order valence-electron chi connectivity index (χ4n) is 3.58. The summed E-state index contributed by atoms with van der Waals surface area (Å²) in [5.74, 6) is 1.12. The first kappa shape index (κ1) is 19.5. The van der Waals surface area contributed by atoms with E-state index in [0.717, 1.165) is 37.0 Å². The predicted molar refractivity (Wildman–Crippen MR) is 102 cm³/mol. The summed E-state index contributed by atoms with van der Waals surface area (Å²) in [6.45, 7) is 5.23. The summed E-state index contributed by atoms with van der Waals surface area (Å²) in [4.78, 5) is 27.0. The van der Waals surface area contributed by atoms with Crippen LogP contribution in [0.25, 0.3) is 11.0 Å². The Bertz CT molecular complexity index is 749. The fourth-order valence-corrected chi connectivity index (χ4v) is 3.58. The van der Waals surface area contributed by atoms with Crippen LogP contribution in [-0.4, -0.2) is 35.1 Å². The Hall–Kier alpha value is -1.79. The Morgan fingerprint density at radius 2 is 2.04 bits per heavy atom. The SMILES string of the molecule is CC(CC(=O)NCCn1c(=O)[nH]c2ccccc21)C1CCNCC1.Cl. The smallest absolute Gasteiger partial charge is 0.326 e. The van der Waals surface area contributed by atoms with E-state index in [1.54, 1.807) is 4.57 Å². The maximum Gasteiger partial charge on any atom is 0.326 e. The highest BCUT2D eigenvalue weighted by Crippen LogP contribution is 2.24. The van der Waals surface area contributed by atoms with Gasteiger partial charge in [0.05, 0.1) is 11.0 Å². The number of nitrogens with zero attached hydrogens (tertiary/aromatic N) is 1. The second kappa shape index (κ2) is 9.06. The molecule has 2 aromatic rings. The van der Waals surface area contributed by atoms with E-state index in [1.807, 2.05) is 24.3 Å². The minimum absolute atomic E-state index is 0. The lowest BCUT2D eigenvalue weighted by atomic mass is 9.84. The number of carbonyl (C=O) groups excluding carboxylic acids is 1. The van der Waals surface area contributed by atoms with Crippen molar-refractivity contribution in [1.82, 2.24) is 20.2 Å². The Labute approximate surface area is 153 Å². The summed E-state index contributed by atoms with van der Waals surface area (Å²) in [5.41, 5.74) is 1.57. The third-order valence-corrected chi connectivity index (χ3v) is 5.04. The highest BCUT2D eigenvalue weighted by Gasteiger charge is 2.21. The number of halogens is 1. The number of para-hydroxylation sites is 2. The van der Waals surface area contributed by atoms with Crippen molar-refractivity contribution >= 4 is 29.3 Å². The van der Waals surface area contributed by atoms with Gasteiger partial charge in [0.1, 0.15) is 0 Å². The lowest BCUT2D eigenvalue weighted by molar-refractivity contribution is -0.122. The molecule has 25 heavy (non-hydrogen) atoms. The van der Waals surface area contributed by atoms with Crippen molar-refractivity contribution in [3.63, 3.8) is 0 Å². The van der Waals surface area contributed by atoms with Gasteiger partial charge in [-0.05, 0) is 49.9 Å². The number of amides is 1. The molecule has 1 aliphatic heterocycles. The highest BCUT2D eigenvalue weighted by molar-refractivity contribution is 5.85. The van der Waals surface area contributed by atoms with Crippen molar-refractivity contribution in [3.8, 4) is 0 Å². The summed E-state index contributed by atoms with van der Waals surface area (Å²) in [7, 11) is 0. The molecule has 0 radical (unpaired) electrons. The van der Waals surface area contributed by atoms with Crippen LogP contribution in [0.5, 0.6) is 0 Å². The molecule has 1 aliphatic rings. The molecule has 1 amide bonds. The molecular formula is C18H27ClN4O2. The number of fused-ring (bicyclic) bond motifs is 1. The Morgan fingerprint density at radius 3 is 2.80 bits per heavy atom. The normalized spacial score (nSPS) is 16.4. The van der Waals surface area contributed by atoms with Gasteiger partial charge >= 0.3 is 5.69 Å². The zero-order valence-corrected chi connectivity index (χ0v) is 15.4. The number of hydrogen-bond donors (Lipinski definition) is 3. The third-order valence-electron chi connectivity index (χ3n) is 5.04. The number of hydrogen-bond acceptors (Lipinski definition) is 3. The van der Waals surface area contributed by atoms with Gasteiger partial charge in [0.15, 0.2) is 0 Å². The van der Waals surface area contributed by atoms with Crippen LogP contribution in [-0.2, 0) is 11.3 Å². The molecule has 6 nitrogen and oxygen atoms in total. The predicted octanol–water partition coefficient (Wildman–Crippen LogP) is 1.89. The zero-order valence-electron chi connectivity index (χ0n) is 14.6. The molecule has 0 saturated carbocycles. The lowest BCUT2D eigenvalue weighted by Crippen LogP contribution is -2.34. The van der Waals surface area contributed by atoms with Crippen LogP contribution < -0.4 is 16.3 Å². The molecule has 0 bridgehead atoms. The number of aromatic amines is 1. The molecule has 1 aromatic heterocycles. The quantitative estimate of drug-likeness (QED) is 0.730. The molecule has 3 rings (SSSR count). The van der Waals surface area contributed by atoms with E-state index in [9.17, 15) is 9.59 Å². The van der Waals surface area contributed by atoms with Gasteiger partial charge in [-0.3, -0.25) is 9.36 Å². The zero-order chi connectivity index (χ0) is 16.9. The minimum Gasteiger partial charge on any atom is -0.354 e. The van der Waals surface area contributed by atoms with E-state index >= 15 is 0 Å². The summed E-state index contributed by atoms with van der Waals surface area (Å²) in [6.07, 6.45) is 2.87. The van der Waals surface area contributed by atoms with Gasteiger partial charge in [-0.2, -0.15) is 0 Å². The fraction of sp³-hybridized carbons (Fsp3) is 0.556. The lowest BCUT2D eigenvalue weighted by Gasteiger charge is -2.27. The molecule has 7 heteroatoms. The summed E-state index contributed by atoms with van der Waals surface area (Å²) in [6, 6.07) is 7.60. The largest absolute Gasteiger partial charge is 0.354 e. The van der Waals surface area contributed by atoms with Gasteiger partial charge in [0.2, 0.25) is 5.91 Å². The summed E-state index contributed by atoms with van der Waals surface area (Å²) < 4.78 is 1.67. The minimum atomic E-state index is -0.131. The number of benzene rings is 1. The van der Waals surface area contributed by atoms with Crippen LogP contribution in [0.4, 0.5) is 0 Å². The number of imidazole rings is 1. The van der Waals surface area contributed by atoms with E-state index in [2.05, 4.69) is 22.5 Å². The Kier molecular flexibility index (Phi) is 7.08. The van der Waals surface area contributed by atoms with Crippen LogP contribution >= 0.6 is 12.4 Å².